The van der Waals surface area contributed by atoms with Crippen LogP contribution in [0.5, 0.6) is 5.75 Å². The molecule has 18 heavy (non-hydrogen) atoms. The van der Waals surface area contributed by atoms with Crippen molar-refractivity contribution < 1.29 is 9.53 Å². The Morgan fingerprint density at radius 1 is 1.50 bits per heavy atom. The Labute approximate surface area is 106 Å². The van der Waals surface area contributed by atoms with E-state index in [1.807, 2.05) is 0 Å². The largest absolute Gasteiger partial charge is 0.493 e. The molecule has 2 rings (SSSR count). The molecule has 1 fully saturated rings. The summed E-state index contributed by atoms with van der Waals surface area (Å²) in [6.45, 7) is 0.707. The van der Waals surface area contributed by atoms with E-state index >= 15 is 0 Å². The summed E-state index contributed by atoms with van der Waals surface area (Å²) >= 11 is 0. The van der Waals surface area contributed by atoms with E-state index in [1.54, 1.807) is 18.2 Å². The molecule has 0 aliphatic heterocycles. The Balaban J connectivity index is 2.22. The normalized spacial score (nSPS) is 15.5. The molecule has 0 radical (unpaired) electrons. The molecule has 1 aliphatic rings. The number of nitrogen functional groups attached to an aromatic ring is 1. The molecule has 0 saturated heterocycles. The molecule has 1 amide bonds. The highest BCUT2D eigenvalue weighted by Crippen LogP contribution is 2.30. The van der Waals surface area contributed by atoms with E-state index in [0.29, 0.717) is 29.5 Å². The number of primary amides is 1. The van der Waals surface area contributed by atoms with Gasteiger partial charge in [-0.1, -0.05) is 0 Å². The van der Waals surface area contributed by atoms with E-state index in [-0.39, 0.29) is 5.71 Å². The van der Waals surface area contributed by atoms with E-state index in [9.17, 15) is 4.79 Å². The van der Waals surface area contributed by atoms with Crippen LogP contribution in [0, 0.1) is 5.92 Å². The van der Waals surface area contributed by atoms with Crippen molar-refractivity contribution in [3.05, 3.63) is 23.8 Å². The Morgan fingerprint density at radius 3 is 2.78 bits per heavy atom. The second kappa shape index (κ2) is 5.08. The number of hydrogen-bond acceptors (Lipinski definition) is 4. The first-order valence-corrected chi connectivity index (χ1v) is 5.91. The summed E-state index contributed by atoms with van der Waals surface area (Å²) in [7, 11) is 1.51. The number of nitrogens with two attached hydrogens (primary N) is 2. The van der Waals surface area contributed by atoms with Crippen molar-refractivity contribution in [2.24, 2.45) is 16.6 Å². The monoisotopic (exact) mass is 247 g/mol. The number of nitrogens with zero attached hydrogens (tertiary/aromatic N) is 1. The molecule has 5 nitrogen and oxygen atoms in total. The maximum Gasteiger partial charge on any atom is 0.267 e. The van der Waals surface area contributed by atoms with Gasteiger partial charge in [0, 0.05) is 18.3 Å². The first kappa shape index (κ1) is 12.4. The molecule has 0 bridgehead atoms. The molecule has 1 aliphatic carbocycles. The van der Waals surface area contributed by atoms with Crippen LogP contribution < -0.4 is 16.2 Å². The van der Waals surface area contributed by atoms with Crippen LogP contribution in [0.25, 0.3) is 0 Å². The highest BCUT2D eigenvalue weighted by molar-refractivity contribution is 6.45. The van der Waals surface area contributed by atoms with Crippen LogP contribution in [0.15, 0.2) is 23.2 Å². The molecule has 1 saturated carbocycles. The zero-order chi connectivity index (χ0) is 13.1. The van der Waals surface area contributed by atoms with Gasteiger partial charge in [0.05, 0.1) is 6.61 Å². The van der Waals surface area contributed by atoms with Crippen molar-refractivity contribution in [3.63, 3.8) is 0 Å². The maximum atomic E-state index is 11.3. The molecule has 4 N–H and O–H groups in total. The second-order valence-electron chi connectivity index (χ2n) is 4.44. The SMILES string of the molecule is CN=C(C(N)=O)c1cc(OCC2CC2)ccc1N. The summed E-state index contributed by atoms with van der Waals surface area (Å²) in [6, 6.07) is 5.20. The van der Waals surface area contributed by atoms with Crippen molar-refractivity contribution in [3.8, 4) is 5.75 Å². The minimum absolute atomic E-state index is 0.171. The summed E-state index contributed by atoms with van der Waals surface area (Å²) < 4.78 is 5.64. The number of aliphatic imine (C=N–C) groups is 1. The number of amides is 1. The summed E-state index contributed by atoms with van der Waals surface area (Å²) in [6.07, 6.45) is 2.45. The third kappa shape index (κ3) is 2.80. The molecular formula is C13H17N3O2. The lowest BCUT2D eigenvalue weighted by Gasteiger charge is -2.10. The molecule has 0 spiro atoms. The molecule has 0 aromatic heterocycles. The van der Waals surface area contributed by atoms with Crippen LogP contribution >= 0.6 is 0 Å². The van der Waals surface area contributed by atoms with Gasteiger partial charge in [0.2, 0.25) is 0 Å². The average Bonchev–Trinajstić information content (AvgIpc) is 3.14. The lowest BCUT2D eigenvalue weighted by atomic mass is 10.1. The van der Waals surface area contributed by atoms with E-state index in [4.69, 9.17) is 16.2 Å². The Bertz CT molecular complexity index is 493. The van der Waals surface area contributed by atoms with Gasteiger partial charge < -0.3 is 16.2 Å². The van der Waals surface area contributed by atoms with Gasteiger partial charge in [0.1, 0.15) is 11.5 Å². The summed E-state index contributed by atoms with van der Waals surface area (Å²) in [5.41, 5.74) is 12.3. The van der Waals surface area contributed by atoms with Gasteiger partial charge in [-0.05, 0) is 37.0 Å². The highest BCUT2D eigenvalue weighted by Gasteiger charge is 2.22. The fourth-order valence-corrected chi connectivity index (χ4v) is 1.69. The number of carbonyl (C=O) groups excluding carboxylic acids is 1. The smallest absolute Gasteiger partial charge is 0.267 e. The van der Waals surface area contributed by atoms with Crippen molar-refractivity contribution in [1.82, 2.24) is 0 Å². The minimum Gasteiger partial charge on any atom is -0.493 e. The van der Waals surface area contributed by atoms with Gasteiger partial charge in [0.25, 0.3) is 5.91 Å². The molecule has 5 heteroatoms. The molecule has 1 aromatic carbocycles. The first-order chi connectivity index (χ1) is 8.61. The van der Waals surface area contributed by atoms with Crippen LogP contribution in [-0.2, 0) is 4.79 Å². The van der Waals surface area contributed by atoms with Gasteiger partial charge in [-0.3, -0.25) is 9.79 Å². The predicted octanol–water partition coefficient (Wildman–Crippen LogP) is 0.962. The third-order valence-electron chi connectivity index (χ3n) is 2.92. The fraction of sp³-hybridized carbons (Fsp3) is 0.385. The topological polar surface area (TPSA) is 90.7 Å². The van der Waals surface area contributed by atoms with Gasteiger partial charge in [-0.25, -0.2) is 0 Å². The van der Waals surface area contributed by atoms with Gasteiger partial charge in [-0.15, -0.1) is 0 Å². The molecule has 0 unspecified atom stereocenters. The van der Waals surface area contributed by atoms with Gasteiger partial charge in [0.15, 0.2) is 0 Å². The number of anilines is 1. The van der Waals surface area contributed by atoms with Gasteiger partial charge in [-0.2, -0.15) is 0 Å². The molecular weight excluding hydrogens is 230 g/mol. The Hall–Kier alpha value is -2.04. The molecule has 0 atom stereocenters. The second-order valence-corrected chi connectivity index (χ2v) is 4.44. The van der Waals surface area contributed by atoms with E-state index < -0.39 is 5.91 Å². The zero-order valence-electron chi connectivity index (χ0n) is 10.3. The summed E-state index contributed by atoms with van der Waals surface area (Å²) in [5.74, 6) is 0.762. The predicted molar refractivity (Wildman–Crippen MR) is 70.7 cm³/mol. The van der Waals surface area contributed by atoms with Crippen LogP contribution in [0.2, 0.25) is 0 Å². The van der Waals surface area contributed by atoms with E-state index in [0.717, 1.165) is 0 Å². The number of benzene rings is 1. The fourth-order valence-electron chi connectivity index (χ4n) is 1.69. The van der Waals surface area contributed by atoms with Crippen LogP contribution in [0.3, 0.4) is 0 Å². The number of carbonyl (C=O) groups is 1. The van der Waals surface area contributed by atoms with Crippen molar-refractivity contribution in [1.29, 1.82) is 0 Å². The van der Waals surface area contributed by atoms with Crippen LogP contribution in [-0.4, -0.2) is 25.3 Å². The lowest BCUT2D eigenvalue weighted by Crippen LogP contribution is -2.25. The Morgan fingerprint density at radius 2 is 2.22 bits per heavy atom. The van der Waals surface area contributed by atoms with Crippen molar-refractivity contribution in [2.45, 2.75) is 12.8 Å². The zero-order valence-corrected chi connectivity index (χ0v) is 10.3. The summed E-state index contributed by atoms with van der Waals surface area (Å²) in [5, 5.41) is 0. The average molecular weight is 247 g/mol. The number of hydrogen-bond donors (Lipinski definition) is 2. The van der Waals surface area contributed by atoms with Crippen LogP contribution in [0.4, 0.5) is 5.69 Å². The lowest BCUT2D eigenvalue weighted by molar-refractivity contribution is -0.111. The van der Waals surface area contributed by atoms with E-state index in [2.05, 4.69) is 4.99 Å². The maximum absolute atomic E-state index is 11.3. The first-order valence-electron chi connectivity index (χ1n) is 5.91. The van der Waals surface area contributed by atoms with Crippen LogP contribution in [0.1, 0.15) is 18.4 Å². The Kier molecular flexibility index (Phi) is 3.50. The third-order valence-corrected chi connectivity index (χ3v) is 2.92. The number of ether oxygens (including phenoxy) is 1. The molecule has 0 heterocycles. The van der Waals surface area contributed by atoms with E-state index in [1.165, 1.54) is 19.9 Å². The highest BCUT2D eigenvalue weighted by atomic mass is 16.5. The summed E-state index contributed by atoms with van der Waals surface area (Å²) in [4.78, 5) is 15.1. The van der Waals surface area contributed by atoms with Crippen molar-refractivity contribution in [2.75, 3.05) is 19.4 Å². The molecule has 96 valence electrons. The van der Waals surface area contributed by atoms with Crippen molar-refractivity contribution >= 4 is 17.3 Å². The standard InChI is InChI=1S/C13H17N3O2/c1-16-12(13(15)17)10-6-9(4-5-11(10)14)18-7-8-2-3-8/h4-6,8H,2-3,7,14H2,1H3,(H2,15,17). The van der Waals surface area contributed by atoms with Gasteiger partial charge >= 0.3 is 0 Å². The minimum atomic E-state index is -0.594. The molecule has 1 aromatic rings. The number of rotatable bonds is 5. The quantitative estimate of drug-likeness (QED) is 0.599.